The first kappa shape index (κ1) is 24.5. The number of unbranched alkanes of at least 4 members (excludes halogenated alkanes) is 9. The maximum atomic E-state index is 13.5. The molecule has 3 nitrogen and oxygen atoms in total. The highest BCUT2D eigenvalue weighted by Gasteiger charge is 2.05. The van der Waals surface area contributed by atoms with Crippen molar-refractivity contribution in [1.29, 1.82) is 0 Å². The number of esters is 1. The van der Waals surface area contributed by atoms with E-state index >= 15 is 0 Å². The third-order valence-corrected chi connectivity index (χ3v) is 5.20. The van der Waals surface area contributed by atoms with Gasteiger partial charge in [0.2, 0.25) is 0 Å². The van der Waals surface area contributed by atoms with E-state index in [1.165, 1.54) is 52.1 Å². The third kappa shape index (κ3) is 12.0. The second-order valence-electron chi connectivity index (χ2n) is 7.71. The normalized spacial score (nSPS) is 12.0. The molecule has 0 radical (unpaired) electrons. The van der Waals surface area contributed by atoms with Gasteiger partial charge in [0.15, 0.2) is 0 Å². The van der Waals surface area contributed by atoms with Gasteiger partial charge in [-0.1, -0.05) is 71.1 Å². The topological polar surface area (TPSA) is 38.3 Å². The zero-order valence-corrected chi connectivity index (χ0v) is 18.0. The van der Waals surface area contributed by atoms with Gasteiger partial charge >= 0.3 is 5.97 Å². The quantitative estimate of drug-likeness (QED) is 0.223. The van der Waals surface area contributed by atoms with Gasteiger partial charge in [0.05, 0.1) is 12.7 Å². The number of halogens is 1. The molecule has 1 atom stereocenters. The lowest BCUT2D eigenvalue weighted by molar-refractivity contribution is 0.0601. The lowest BCUT2D eigenvalue weighted by Crippen LogP contribution is -2.03. The summed E-state index contributed by atoms with van der Waals surface area (Å²) in [6.07, 6.45) is 14.1. The van der Waals surface area contributed by atoms with Gasteiger partial charge in [-0.2, -0.15) is 0 Å². The predicted molar refractivity (Wildman–Crippen MR) is 117 cm³/mol. The molecular weight excluding hydrogens is 353 g/mol. The van der Waals surface area contributed by atoms with E-state index in [0.717, 1.165) is 50.8 Å². The second-order valence-corrected chi connectivity index (χ2v) is 7.71. The monoisotopic (exact) mass is 393 g/mol. The molecule has 0 saturated heterocycles. The first-order valence-corrected chi connectivity index (χ1v) is 11.2. The minimum Gasteiger partial charge on any atom is -0.465 e. The number of carbonyl (C=O) groups is 1. The highest BCUT2D eigenvalue weighted by Crippen LogP contribution is 2.15. The molecule has 0 saturated carbocycles. The van der Waals surface area contributed by atoms with Gasteiger partial charge in [-0.05, 0) is 43.5 Å². The Bertz CT molecular complexity index is 504. The van der Waals surface area contributed by atoms with Gasteiger partial charge in [-0.25, -0.2) is 9.18 Å². The molecular formula is C24H40FNO2. The summed E-state index contributed by atoms with van der Waals surface area (Å²) in [5, 5.41) is 3.39. The van der Waals surface area contributed by atoms with Crippen molar-refractivity contribution in [2.75, 3.05) is 19.0 Å². The molecule has 0 aliphatic heterocycles. The number of rotatable bonds is 17. The maximum Gasteiger partial charge on any atom is 0.337 e. The molecule has 0 spiro atoms. The molecule has 28 heavy (non-hydrogen) atoms. The van der Waals surface area contributed by atoms with Crippen LogP contribution >= 0.6 is 0 Å². The fourth-order valence-electron chi connectivity index (χ4n) is 3.37. The Morgan fingerprint density at radius 3 is 2.00 bits per heavy atom. The molecule has 0 fully saturated rings. The summed E-state index contributed by atoms with van der Waals surface area (Å²) in [7, 11) is 1.39. The van der Waals surface area contributed by atoms with E-state index in [-0.39, 0.29) is 5.97 Å². The highest BCUT2D eigenvalue weighted by atomic mass is 19.1. The number of anilines is 1. The smallest absolute Gasteiger partial charge is 0.337 e. The number of methoxy groups -OCH3 is 1. The number of ether oxygens (including phenoxy) is 1. The minimum atomic E-state index is -0.570. The van der Waals surface area contributed by atoms with Crippen LogP contribution in [-0.4, -0.2) is 25.8 Å². The molecule has 0 aliphatic rings. The van der Waals surface area contributed by atoms with Crippen molar-refractivity contribution in [1.82, 2.24) is 0 Å². The van der Waals surface area contributed by atoms with E-state index in [1.54, 1.807) is 12.1 Å². The van der Waals surface area contributed by atoms with Crippen LogP contribution in [-0.2, 0) is 4.74 Å². The Balaban J connectivity index is 1.88. The number of hydrogen-bond donors (Lipinski definition) is 1. The van der Waals surface area contributed by atoms with E-state index in [0.29, 0.717) is 5.56 Å². The lowest BCUT2D eigenvalue weighted by Gasteiger charge is -2.08. The molecule has 1 aromatic carbocycles. The fraction of sp³-hybridized carbons (Fsp3) is 0.708. The van der Waals surface area contributed by atoms with Crippen molar-refractivity contribution < 1.29 is 13.9 Å². The van der Waals surface area contributed by atoms with E-state index in [9.17, 15) is 9.18 Å². The van der Waals surface area contributed by atoms with Gasteiger partial charge in [0, 0.05) is 12.2 Å². The first-order chi connectivity index (χ1) is 13.7. The Morgan fingerprint density at radius 2 is 1.43 bits per heavy atom. The van der Waals surface area contributed by atoms with Crippen LogP contribution in [0.1, 0.15) is 101 Å². The Hall–Kier alpha value is -1.58. The second kappa shape index (κ2) is 16.4. The van der Waals surface area contributed by atoms with E-state index in [2.05, 4.69) is 12.2 Å². The minimum absolute atomic E-state index is 0.301. The zero-order chi connectivity index (χ0) is 20.5. The van der Waals surface area contributed by atoms with Crippen LogP contribution < -0.4 is 5.32 Å². The molecule has 4 heteroatoms. The average Bonchev–Trinajstić information content (AvgIpc) is 2.72. The van der Waals surface area contributed by atoms with Crippen molar-refractivity contribution in [3.05, 3.63) is 29.8 Å². The van der Waals surface area contributed by atoms with Crippen molar-refractivity contribution in [2.45, 2.75) is 96.6 Å². The SMILES string of the molecule is CCCCC(F)CCCCCCCCCCCNc1ccc(C(=O)OC)cc1. The molecule has 0 heterocycles. The third-order valence-electron chi connectivity index (χ3n) is 5.20. The Kier molecular flexibility index (Phi) is 14.3. The molecule has 1 N–H and O–H groups in total. The van der Waals surface area contributed by atoms with Crippen LogP contribution in [0.4, 0.5) is 10.1 Å². The van der Waals surface area contributed by atoms with Crippen molar-refractivity contribution in [2.24, 2.45) is 0 Å². The van der Waals surface area contributed by atoms with Gasteiger partial charge in [0.1, 0.15) is 6.17 Å². The van der Waals surface area contributed by atoms with Crippen LogP contribution in [0.3, 0.4) is 0 Å². The van der Waals surface area contributed by atoms with Gasteiger partial charge < -0.3 is 10.1 Å². The summed E-state index contributed by atoms with van der Waals surface area (Å²) >= 11 is 0. The number of hydrogen-bond acceptors (Lipinski definition) is 3. The number of nitrogens with one attached hydrogen (secondary N) is 1. The first-order valence-electron chi connectivity index (χ1n) is 11.2. The van der Waals surface area contributed by atoms with Crippen molar-refractivity contribution >= 4 is 11.7 Å². The predicted octanol–water partition coefficient (Wildman–Crippen LogP) is 7.31. The fourth-order valence-corrected chi connectivity index (χ4v) is 3.37. The summed E-state index contributed by atoms with van der Waals surface area (Å²) in [6, 6.07) is 7.41. The van der Waals surface area contributed by atoms with Crippen molar-refractivity contribution in [3.8, 4) is 0 Å². The van der Waals surface area contributed by atoms with E-state index in [1.807, 2.05) is 12.1 Å². The lowest BCUT2D eigenvalue weighted by atomic mass is 10.0. The van der Waals surface area contributed by atoms with Gasteiger partial charge in [-0.15, -0.1) is 0 Å². The van der Waals surface area contributed by atoms with Crippen LogP contribution in [0.15, 0.2) is 24.3 Å². The Labute approximate surface area is 171 Å². The largest absolute Gasteiger partial charge is 0.465 e. The molecule has 0 aromatic heterocycles. The summed E-state index contributed by atoms with van der Waals surface area (Å²) < 4.78 is 18.2. The van der Waals surface area contributed by atoms with Crippen LogP contribution in [0.25, 0.3) is 0 Å². The molecule has 0 bridgehead atoms. The van der Waals surface area contributed by atoms with Gasteiger partial charge in [-0.3, -0.25) is 0 Å². The average molecular weight is 394 g/mol. The molecule has 0 aliphatic carbocycles. The Morgan fingerprint density at radius 1 is 0.893 bits per heavy atom. The molecule has 1 unspecified atom stereocenters. The van der Waals surface area contributed by atoms with Crippen molar-refractivity contribution in [3.63, 3.8) is 0 Å². The highest BCUT2D eigenvalue weighted by molar-refractivity contribution is 5.89. The van der Waals surface area contributed by atoms with Gasteiger partial charge in [0.25, 0.3) is 0 Å². The number of carbonyl (C=O) groups excluding carboxylic acids is 1. The van der Waals surface area contributed by atoms with Crippen LogP contribution in [0.2, 0.25) is 0 Å². The van der Waals surface area contributed by atoms with Crippen LogP contribution in [0, 0.1) is 0 Å². The summed E-state index contributed by atoms with van der Waals surface area (Å²) in [5.41, 5.74) is 1.62. The van der Waals surface area contributed by atoms with E-state index in [4.69, 9.17) is 4.74 Å². The maximum absolute atomic E-state index is 13.5. The molecule has 0 amide bonds. The standard InChI is InChI=1S/C24H40FNO2/c1-3-4-14-22(25)15-12-10-8-6-5-7-9-11-13-20-26-23-18-16-21(17-19-23)24(27)28-2/h16-19,22,26H,3-15,20H2,1-2H3. The van der Waals surface area contributed by atoms with E-state index < -0.39 is 6.17 Å². The van der Waals surface area contributed by atoms with Crippen LogP contribution in [0.5, 0.6) is 0 Å². The summed E-state index contributed by atoms with van der Waals surface area (Å²) in [6.45, 7) is 3.08. The zero-order valence-electron chi connectivity index (χ0n) is 18.0. The summed E-state index contributed by atoms with van der Waals surface area (Å²) in [5.74, 6) is -0.301. The molecule has 1 aromatic rings. The molecule has 1 rings (SSSR count). The molecule has 160 valence electrons. The number of alkyl halides is 1. The summed E-state index contributed by atoms with van der Waals surface area (Å²) in [4.78, 5) is 11.4. The number of benzene rings is 1.